The van der Waals surface area contributed by atoms with Gasteiger partial charge in [-0.15, -0.1) is 0 Å². The van der Waals surface area contributed by atoms with Gasteiger partial charge in [-0.05, 0) is 73.6 Å². The van der Waals surface area contributed by atoms with E-state index in [0.717, 1.165) is 12.8 Å². The van der Waals surface area contributed by atoms with Gasteiger partial charge in [-0.1, -0.05) is 95.1 Å². The van der Waals surface area contributed by atoms with Crippen LogP contribution in [0.1, 0.15) is 44.5 Å². The van der Waals surface area contributed by atoms with E-state index in [1.165, 1.54) is 55.3 Å². The van der Waals surface area contributed by atoms with Gasteiger partial charge >= 0.3 is 0 Å². The molecule has 4 rings (SSSR count). The van der Waals surface area contributed by atoms with Gasteiger partial charge in [-0.2, -0.15) is 0 Å². The highest BCUT2D eigenvalue weighted by atomic mass is 14.1. The van der Waals surface area contributed by atoms with E-state index < -0.39 is 0 Å². The van der Waals surface area contributed by atoms with Gasteiger partial charge in [0.05, 0.1) is 0 Å². The van der Waals surface area contributed by atoms with Crippen LogP contribution >= 0.6 is 0 Å². The Kier molecular flexibility index (Phi) is 5.05. The second kappa shape index (κ2) is 7.64. The lowest BCUT2D eigenvalue weighted by Gasteiger charge is -2.12. The molecule has 140 valence electrons. The molecule has 0 N–H and O–H groups in total. The summed E-state index contributed by atoms with van der Waals surface area (Å²) < 4.78 is 0. The van der Waals surface area contributed by atoms with E-state index in [1.807, 2.05) is 0 Å². The summed E-state index contributed by atoms with van der Waals surface area (Å²) in [4.78, 5) is 0. The Morgan fingerprint density at radius 3 is 1.18 bits per heavy atom. The minimum atomic E-state index is 0.979. The van der Waals surface area contributed by atoms with Gasteiger partial charge in [0, 0.05) is 0 Å². The lowest BCUT2D eigenvalue weighted by Crippen LogP contribution is -1.95. The highest BCUT2D eigenvalue weighted by Gasteiger charge is 2.08. The van der Waals surface area contributed by atoms with Crippen LogP contribution in [-0.4, -0.2) is 0 Å². The van der Waals surface area contributed by atoms with Gasteiger partial charge in [0.1, 0.15) is 0 Å². The molecule has 0 spiro atoms. The van der Waals surface area contributed by atoms with E-state index in [2.05, 4.69) is 100 Å². The smallest absolute Gasteiger partial charge is 0.00194 e. The third-order valence-corrected chi connectivity index (χ3v) is 5.45. The minimum absolute atomic E-state index is 0.979. The van der Waals surface area contributed by atoms with Crippen molar-refractivity contribution in [3.63, 3.8) is 0 Å². The van der Waals surface area contributed by atoms with E-state index in [9.17, 15) is 0 Å². The molecule has 0 saturated carbocycles. The summed E-state index contributed by atoms with van der Waals surface area (Å²) in [6.45, 7) is 8.73. The molecule has 0 bridgehead atoms. The van der Waals surface area contributed by atoms with Gasteiger partial charge in [-0.25, -0.2) is 0 Å². The number of benzene rings is 4. The van der Waals surface area contributed by atoms with Crippen LogP contribution in [0, 0.1) is 27.7 Å². The first-order chi connectivity index (χ1) is 13.5. The molecule has 0 atom stereocenters. The van der Waals surface area contributed by atoms with Crippen LogP contribution in [-0.2, 0) is 12.8 Å². The van der Waals surface area contributed by atoms with Crippen molar-refractivity contribution in [2.45, 2.75) is 40.5 Å². The largest absolute Gasteiger partial charge is 0.0613 e. The first-order valence-corrected chi connectivity index (χ1v) is 10.1. The Bertz CT molecular complexity index is 1010. The Labute approximate surface area is 168 Å². The molecule has 4 aromatic carbocycles. The molecule has 28 heavy (non-hydrogen) atoms. The number of fused-ring (bicyclic) bond motifs is 1. The third kappa shape index (κ3) is 4.02. The quantitative estimate of drug-likeness (QED) is 0.357. The van der Waals surface area contributed by atoms with Crippen LogP contribution < -0.4 is 0 Å². The molecule has 0 nitrogen and oxygen atoms in total. The lowest BCUT2D eigenvalue weighted by atomic mass is 9.92. The summed E-state index contributed by atoms with van der Waals surface area (Å²) in [5.41, 5.74) is 11.0. The summed E-state index contributed by atoms with van der Waals surface area (Å²) in [7, 11) is 0. The molecule has 0 aromatic heterocycles. The van der Waals surface area contributed by atoms with Crippen molar-refractivity contribution < 1.29 is 0 Å². The molecule has 0 aliphatic rings. The molecule has 0 unspecified atom stereocenters. The molecule has 0 aliphatic heterocycles. The fraction of sp³-hybridized carbons (Fsp3) is 0.214. The second-order valence-electron chi connectivity index (χ2n) is 8.27. The van der Waals surface area contributed by atoms with Crippen molar-refractivity contribution >= 4 is 10.8 Å². The van der Waals surface area contributed by atoms with Crippen molar-refractivity contribution in [2.75, 3.05) is 0 Å². The lowest BCUT2D eigenvalue weighted by molar-refractivity contribution is 1.17. The number of rotatable bonds is 4. The maximum Gasteiger partial charge on any atom is -0.00194 e. The van der Waals surface area contributed by atoms with Gasteiger partial charge < -0.3 is 0 Å². The SMILES string of the molecule is Cc1cc(C)cc(Cc2cccc3c(Cc4cc(C)cc(C)c4)cccc23)c1. The summed E-state index contributed by atoms with van der Waals surface area (Å²) in [5, 5.41) is 2.76. The van der Waals surface area contributed by atoms with Gasteiger partial charge in [0.15, 0.2) is 0 Å². The Hall–Kier alpha value is -2.86. The zero-order chi connectivity index (χ0) is 19.7. The van der Waals surface area contributed by atoms with Crippen molar-refractivity contribution in [1.82, 2.24) is 0 Å². The standard InChI is InChI=1S/C28H28/c1-19-11-20(2)14-23(13-19)17-25-7-5-10-28-26(8-6-9-27(25)28)18-24-15-21(3)12-22(4)16-24/h5-16H,17-18H2,1-4H3. The van der Waals surface area contributed by atoms with Crippen molar-refractivity contribution in [1.29, 1.82) is 0 Å². The average molecular weight is 365 g/mol. The van der Waals surface area contributed by atoms with Crippen LogP contribution in [0.25, 0.3) is 10.8 Å². The molecule has 0 aliphatic carbocycles. The Morgan fingerprint density at radius 2 is 0.821 bits per heavy atom. The summed E-state index contributed by atoms with van der Waals surface area (Å²) in [6.07, 6.45) is 1.96. The molecular formula is C28H28. The predicted molar refractivity (Wildman–Crippen MR) is 121 cm³/mol. The molecular weight excluding hydrogens is 336 g/mol. The fourth-order valence-corrected chi connectivity index (χ4v) is 4.53. The number of hydrogen-bond donors (Lipinski definition) is 0. The van der Waals surface area contributed by atoms with E-state index >= 15 is 0 Å². The monoisotopic (exact) mass is 364 g/mol. The minimum Gasteiger partial charge on any atom is -0.0613 e. The summed E-state index contributed by atoms with van der Waals surface area (Å²) >= 11 is 0. The van der Waals surface area contributed by atoms with Crippen molar-refractivity contribution in [2.24, 2.45) is 0 Å². The molecule has 0 amide bonds. The first-order valence-electron chi connectivity index (χ1n) is 10.1. The fourth-order valence-electron chi connectivity index (χ4n) is 4.53. The van der Waals surface area contributed by atoms with Crippen LogP contribution in [0.2, 0.25) is 0 Å². The summed E-state index contributed by atoms with van der Waals surface area (Å²) in [5.74, 6) is 0. The van der Waals surface area contributed by atoms with Crippen LogP contribution in [0.4, 0.5) is 0 Å². The van der Waals surface area contributed by atoms with E-state index in [1.54, 1.807) is 0 Å². The molecule has 0 saturated heterocycles. The maximum absolute atomic E-state index is 2.31. The van der Waals surface area contributed by atoms with Crippen LogP contribution in [0.15, 0.2) is 72.8 Å². The van der Waals surface area contributed by atoms with Crippen molar-refractivity contribution in [3.05, 3.63) is 117 Å². The predicted octanol–water partition coefficient (Wildman–Crippen LogP) is 7.26. The van der Waals surface area contributed by atoms with Crippen LogP contribution in [0.3, 0.4) is 0 Å². The van der Waals surface area contributed by atoms with Gasteiger partial charge in [-0.3, -0.25) is 0 Å². The third-order valence-electron chi connectivity index (χ3n) is 5.45. The molecule has 0 radical (unpaired) electrons. The van der Waals surface area contributed by atoms with Crippen LogP contribution in [0.5, 0.6) is 0 Å². The highest BCUT2D eigenvalue weighted by molar-refractivity contribution is 5.89. The van der Waals surface area contributed by atoms with E-state index in [-0.39, 0.29) is 0 Å². The number of aryl methyl sites for hydroxylation is 4. The van der Waals surface area contributed by atoms with Crippen molar-refractivity contribution in [3.8, 4) is 0 Å². The molecule has 0 fully saturated rings. The Balaban J connectivity index is 1.73. The van der Waals surface area contributed by atoms with Gasteiger partial charge in [0.2, 0.25) is 0 Å². The average Bonchev–Trinajstić information content (AvgIpc) is 2.61. The molecule has 4 aromatic rings. The second-order valence-corrected chi connectivity index (χ2v) is 8.27. The summed E-state index contributed by atoms with van der Waals surface area (Å²) in [6, 6.07) is 27.3. The molecule has 0 heteroatoms. The Morgan fingerprint density at radius 1 is 0.464 bits per heavy atom. The van der Waals surface area contributed by atoms with Gasteiger partial charge in [0.25, 0.3) is 0 Å². The zero-order valence-electron chi connectivity index (χ0n) is 17.3. The first kappa shape index (κ1) is 18.5. The number of hydrogen-bond acceptors (Lipinski definition) is 0. The normalized spacial score (nSPS) is 11.1. The topological polar surface area (TPSA) is 0 Å². The van der Waals surface area contributed by atoms with E-state index in [4.69, 9.17) is 0 Å². The zero-order valence-corrected chi connectivity index (χ0v) is 17.3. The maximum atomic E-state index is 2.31. The molecule has 0 heterocycles. The van der Waals surface area contributed by atoms with E-state index in [0.29, 0.717) is 0 Å². The highest BCUT2D eigenvalue weighted by Crippen LogP contribution is 2.27.